The van der Waals surface area contributed by atoms with Gasteiger partial charge in [-0.05, 0) is 42.9 Å². The van der Waals surface area contributed by atoms with Crippen LogP contribution in [0.1, 0.15) is 38.5 Å². The van der Waals surface area contributed by atoms with Crippen LogP contribution in [-0.2, 0) is 4.79 Å². The van der Waals surface area contributed by atoms with Crippen LogP contribution in [0.2, 0.25) is 0 Å². The van der Waals surface area contributed by atoms with Crippen LogP contribution in [0.15, 0.2) is 29.3 Å². The third-order valence-corrected chi connectivity index (χ3v) is 5.38. The number of nitrogens with zero attached hydrogens (tertiary/aromatic N) is 2. The van der Waals surface area contributed by atoms with Crippen molar-refractivity contribution in [3.63, 3.8) is 0 Å². The normalized spacial score (nSPS) is 19.2. The Hall–Kier alpha value is -1.38. The van der Waals surface area contributed by atoms with Gasteiger partial charge in [0.05, 0.1) is 6.54 Å². The van der Waals surface area contributed by atoms with E-state index in [-0.39, 0.29) is 42.2 Å². The molecule has 144 valence electrons. The largest absolute Gasteiger partial charge is 0.347 e. The van der Waals surface area contributed by atoms with Gasteiger partial charge in [-0.25, -0.2) is 4.39 Å². The molecule has 0 unspecified atom stereocenters. The van der Waals surface area contributed by atoms with Gasteiger partial charge in [-0.1, -0.05) is 25.3 Å². The zero-order chi connectivity index (χ0) is 17.7. The molecule has 0 aromatic heterocycles. The Morgan fingerprint density at radius 2 is 2.04 bits per heavy atom. The number of rotatable bonds is 3. The molecule has 3 rings (SSSR count). The first kappa shape index (κ1) is 20.9. The second kappa shape index (κ2) is 9.53. The molecule has 2 N–H and O–H groups in total. The van der Waals surface area contributed by atoms with Crippen molar-refractivity contribution in [2.75, 3.05) is 32.0 Å². The highest BCUT2D eigenvalue weighted by atomic mass is 127. The summed E-state index contributed by atoms with van der Waals surface area (Å²) < 4.78 is 13.2. The van der Waals surface area contributed by atoms with E-state index < -0.39 is 0 Å². The number of aliphatic imine (C=N–C) groups is 1. The number of anilines is 1. The molecule has 0 atom stereocenters. The molecule has 1 aliphatic carbocycles. The predicted octanol–water partition coefficient (Wildman–Crippen LogP) is 3.61. The van der Waals surface area contributed by atoms with Gasteiger partial charge >= 0.3 is 0 Å². The van der Waals surface area contributed by atoms with E-state index in [1.165, 1.54) is 50.7 Å². The van der Waals surface area contributed by atoms with Crippen LogP contribution in [0.25, 0.3) is 0 Å². The summed E-state index contributed by atoms with van der Waals surface area (Å²) in [6, 6.07) is 5.90. The lowest BCUT2D eigenvalue weighted by Crippen LogP contribution is -2.44. The maximum absolute atomic E-state index is 13.2. The van der Waals surface area contributed by atoms with E-state index in [1.54, 1.807) is 19.2 Å². The maximum atomic E-state index is 13.2. The van der Waals surface area contributed by atoms with Crippen molar-refractivity contribution in [2.24, 2.45) is 10.4 Å². The zero-order valence-corrected chi connectivity index (χ0v) is 17.6. The summed E-state index contributed by atoms with van der Waals surface area (Å²) in [7, 11) is 1.75. The molecule has 7 heteroatoms. The molecule has 1 saturated carbocycles. The fraction of sp³-hybridized carbons (Fsp3) is 0.579. The van der Waals surface area contributed by atoms with Crippen LogP contribution in [-0.4, -0.2) is 43.4 Å². The number of hydrogen-bond acceptors (Lipinski definition) is 2. The van der Waals surface area contributed by atoms with Gasteiger partial charge < -0.3 is 15.5 Å². The highest BCUT2D eigenvalue weighted by Crippen LogP contribution is 2.43. The van der Waals surface area contributed by atoms with Crippen molar-refractivity contribution in [2.45, 2.75) is 38.5 Å². The highest BCUT2D eigenvalue weighted by Gasteiger charge is 2.39. The summed E-state index contributed by atoms with van der Waals surface area (Å²) in [4.78, 5) is 18.7. The lowest BCUT2D eigenvalue weighted by Gasteiger charge is -2.33. The lowest BCUT2D eigenvalue weighted by molar-refractivity contribution is -0.115. The van der Waals surface area contributed by atoms with E-state index in [9.17, 15) is 9.18 Å². The van der Waals surface area contributed by atoms with Crippen LogP contribution < -0.4 is 10.6 Å². The minimum absolute atomic E-state index is 0. The van der Waals surface area contributed by atoms with Crippen molar-refractivity contribution in [1.82, 2.24) is 10.2 Å². The zero-order valence-electron chi connectivity index (χ0n) is 15.3. The van der Waals surface area contributed by atoms with Crippen LogP contribution in [0.4, 0.5) is 10.1 Å². The topological polar surface area (TPSA) is 56.7 Å². The molecular formula is C19H28FIN4O. The van der Waals surface area contributed by atoms with Crippen LogP contribution in [0, 0.1) is 11.2 Å². The van der Waals surface area contributed by atoms with Gasteiger partial charge in [0.25, 0.3) is 0 Å². The van der Waals surface area contributed by atoms with Crippen molar-refractivity contribution in [3.8, 4) is 0 Å². The molecule has 1 aromatic carbocycles. The van der Waals surface area contributed by atoms with Crippen LogP contribution >= 0.6 is 24.0 Å². The van der Waals surface area contributed by atoms with Gasteiger partial charge in [0.1, 0.15) is 5.82 Å². The summed E-state index contributed by atoms with van der Waals surface area (Å²) in [5.41, 5.74) is 0.906. The van der Waals surface area contributed by atoms with Crippen LogP contribution in [0.3, 0.4) is 0 Å². The molecule has 1 spiro atoms. The first-order valence-electron chi connectivity index (χ1n) is 9.11. The minimum atomic E-state index is -0.364. The SMILES string of the molecule is CN=C(NCC(=O)Nc1cccc(F)c1)N1CCC2(CCCCC2)C1.I. The molecule has 1 saturated heterocycles. The van der Waals surface area contributed by atoms with Gasteiger partial charge in [0.15, 0.2) is 5.96 Å². The Morgan fingerprint density at radius 1 is 1.27 bits per heavy atom. The van der Waals surface area contributed by atoms with Gasteiger partial charge in [-0.3, -0.25) is 9.79 Å². The third-order valence-electron chi connectivity index (χ3n) is 5.38. The Kier molecular flexibility index (Phi) is 7.67. The third kappa shape index (κ3) is 5.31. The standard InChI is InChI=1S/C19H27FN4O.HI/c1-21-18(24-11-10-19(14-24)8-3-2-4-9-19)22-13-17(25)23-16-7-5-6-15(20)12-16;/h5-7,12H,2-4,8-11,13-14H2,1H3,(H,21,22)(H,23,25);1H. The average Bonchev–Trinajstić information content (AvgIpc) is 2.99. The molecule has 0 bridgehead atoms. The predicted molar refractivity (Wildman–Crippen MR) is 114 cm³/mol. The number of halogens is 2. The van der Waals surface area contributed by atoms with E-state index >= 15 is 0 Å². The number of carbonyl (C=O) groups excluding carboxylic acids is 1. The summed E-state index contributed by atoms with van der Waals surface area (Å²) in [5, 5.41) is 5.83. The number of benzene rings is 1. The van der Waals surface area contributed by atoms with Gasteiger partial charge in [0.2, 0.25) is 5.91 Å². The minimum Gasteiger partial charge on any atom is -0.347 e. The Balaban J connectivity index is 0.00000243. The lowest BCUT2D eigenvalue weighted by atomic mass is 9.73. The average molecular weight is 474 g/mol. The first-order chi connectivity index (χ1) is 12.1. The highest BCUT2D eigenvalue weighted by molar-refractivity contribution is 14.0. The van der Waals surface area contributed by atoms with E-state index in [0.717, 1.165) is 19.0 Å². The van der Waals surface area contributed by atoms with Gasteiger partial charge in [0, 0.05) is 25.8 Å². The second-order valence-electron chi connectivity index (χ2n) is 7.19. The van der Waals surface area contributed by atoms with E-state index in [2.05, 4.69) is 20.5 Å². The molecule has 1 aromatic rings. The number of guanidine groups is 1. The van der Waals surface area contributed by atoms with Crippen molar-refractivity contribution < 1.29 is 9.18 Å². The molecule has 1 aliphatic heterocycles. The number of amides is 1. The molecule has 2 fully saturated rings. The Bertz CT molecular complexity index is 646. The van der Waals surface area contributed by atoms with Gasteiger partial charge in [-0.15, -0.1) is 24.0 Å². The van der Waals surface area contributed by atoms with E-state index in [1.807, 2.05) is 0 Å². The van der Waals surface area contributed by atoms with E-state index in [0.29, 0.717) is 11.1 Å². The summed E-state index contributed by atoms with van der Waals surface area (Å²) in [5.74, 6) is 0.201. The molecule has 26 heavy (non-hydrogen) atoms. The quantitative estimate of drug-likeness (QED) is 0.400. The molecule has 5 nitrogen and oxygen atoms in total. The molecular weight excluding hydrogens is 446 g/mol. The van der Waals surface area contributed by atoms with Crippen molar-refractivity contribution >= 4 is 41.5 Å². The van der Waals surface area contributed by atoms with Crippen molar-refractivity contribution in [3.05, 3.63) is 30.1 Å². The molecule has 0 radical (unpaired) electrons. The number of nitrogens with one attached hydrogen (secondary N) is 2. The summed E-state index contributed by atoms with van der Waals surface area (Å²) in [6.07, 6.45) is 7.84. The monoisotopic (exact) mass is 474 g/mol. The fourth-order valence-corrected chi connectivity index (χ4v) is 4.09. The number of likely N-dealkylation sites (tertiary alicyclic amines) is 1. The molecule has 1 heterocycles. The fourth-order valence-electron chi connectivity index (χ4n) is 4.09. The van der Waals surface area contributed by atoms with Gasteiger partial charge in [-0.2, -0.15) is 0 Å². The smallest absolute Gasteiger partial charge is 0.243 e. The number of carbonyl (C=O) groups is 1. The molecule has 1 amide bonds. The Morgan fingerprint density at radius 3 is 2.73 bits per heavy atom. The summed E-state index contributed by atoms with van der Waals surface area (Å²) >= 11 is 0. The number of hydrogen-bond donors (Lipinski definition) is 2. The van der Waals surface area contributed by atoms with Crippen LogP contribution in [0.5, 0.6) is 0 Å². The second-order valence-corrected chi connectivity index (χ2v) is 7.19. The first-order valence-corrected chi connectivity index (χ1v) is 9.11. The summed E-state index contributed by atoms with van der Waals surface area (Å²) in [6.45, 7) is 2.13. The van der Waals surface area contributed by atoms with Crippen molar-refractivity contribution in [1.29, 1.82) is 0 Å². The maximum Gasteiger partial charge on any atom is 0.243 e. The molecule has 2 aliphatic rings. The Labute approximate surface area is 171 Å². The van der Waals surface area contributed by atoms with E-state index in [4.69, 9.17) is 0 Å².